The lowest BCUT2D eigenvalue weighted by atomic mass is 10.1. The fraction of sp³-hybridized carbons (Fsp3) is 0.176. The van der Waals surface area contributed by atoms with E-state index in [1.165, 1.54) is 0 Å². The average molecular weight is 374 g/mol. The molecule has 0 aliphatic carbocycles. The second-order valence-corrected chi connectivity index (χ2v) is 6.04. The standard InChI is InChI=1S/C17H16BrN3O2/c1-10-17(11(2)21-20-10)19-15(22)9-23-14-8-7-12-5-3-4-6-13(12)16(14)18/h3-8H,9H2,1-2H3,(H,19,22)(H,20,21). The summed E-state index contributed by atoms with van der Waals surface area (Å²) in [6.45, 7) is 3.62. The number of hydrogen-bond acceptors (Lipinski definition) is 3. The first-order valence-electron chi connectivity index (χ1n) is 7.17. The number of rotatable bonds is 4. The van der Waals surface area contributed by atoms with Crippen molar-refractivity contribution >= 4 is 38.3 Å². The third-order valence-electron chi connectivity index (χ3n) is 3.58. The van der Waals surface area contributed by atoms with Crippen LogP contribution >= 0.6 is 15.9 Å². The van der Waals surface area contributed by atoms with Crippen LogP contribution in [-0.4, -0.2) is 22.7 Å². The molecule has 1 aromatic heterocycles. The number of carbonyl (C=O) groups excluding carboxylic acids is 1. The van der Waals surface area contributed by atoms with Gasteiger partial charge in [0.2, 0.25) is 0 Å². The van der Waals surface area contributed by atoms with Gasteiger partial charge in [0, 0.05) is 0 Å². The predicted octanol–water partition coefficient (Wildman–Crippen LogP) is 3.96. The maximum absolute atomic E-state index is 12.1. The molecule has 0 radical (unpaired) electrons. The van der Waals surface area contributed by atoms with Gasteiger partial charge in [-0.05, 0) is 46.6 Å². The number of carbonyl (C=O) groups is 1. The molecule has 118 valence electrons. The molecule has 0 atom stereocenters. The van der Waals surface area contributed by atoms with Gasteiger partial charge in [-0.25, -0.2) is 0 Å². The van der Waals surface area contributed by atoms with Crippen LogP contribution in [0.3, 0.4) is 0 Å². The number of aryl methyl sites for hydroxylation is 2. The van der Waals surface area contributed by atoms with Gasteiger partial charge in [0.25, 0.3) is 5.91 Å². The summed E-state index contributed by atoms with van der Waals surface area (Å²) in [4.78, 5) is 12.1. The molecule has 1 heterocycles. The third kappa shape index (κ3) is 3.22. The van der Waals surface area contributed by atoms with E-state index in [1.807, 2.05) is 50.2 Å². The number of amides is 1. The first-order chi connectivity index (χ1) is 11.1. The Morgan fingerprint density at radius 3 is 2.78 bits per heavy atom. The maximum Gasteiger partial charge on any atom is 0.262 e. The highest BCUT2D eigenvalue weighted by molar-refractivity contribution is 9.10. The van der Waals surface area contributed by atoms with E-state index in [0.29, 0.717) is 11.4 Å². The highest BCUT2D eigenvalue weighted by Crippen LogP contribution is 2.33. The van der Waals surface area contributed by atoms with Crippen molar-refractivity contribution < 1.29 is 9.53 Å². The maximum atomic E-state index is 12.1. The summed E-state index contributed by atoms with van der Waals surface area (Å²) in [5.41, 5.74) is 2.28. The summed E-state index contributed by atoms with van der Waals surface area (Å²) >= 11 is 3.54. The molecule has 0 spiro atoms. The summed E-state index contributed by atoms with van der Waals surface area (Å²) in [7, 11) is 0. The second-order valence-electron chi connectivity index (χ2n) is 5.24. The van der Waals surface area contributed by atoms with Crippen LogP contribution < -0.4 is 10.1 Å². The Balaban J connectivity index is 1.71. The van der Waals surface area contributed by atoms with E-state index >= 15 is 0 Å². The lowest BCUT2D eigenvalue weighted by Gasteiger charge is -2.11. The normalized spacial score (nSPS) is 10.7. The Labute approximate surface area is 142 Å². The summed E-state index contributed by atoms with van der Waals surface area (Å²) in [5, 5.41) is 11.9. The van der Waals surface area contributed by atoms with Crippen LogP contribution in [0.4, 0.5) is 5.69 Å². The van der Waals surface area contributed by atoms with Crippen LogP contribution in [0.5, 0.6) is 5.75 Å². The van der Waals surface area contributed by atoms with Gasteiger partial charge in [0.05, 0.1) is 21.5 Å². The van der Waals surface area contributed by atoms with Crippen LogP contribution in [0.25, 0.3) is 10.8 Å². The monoisotopic (exact) mass is 373 g/mol. The highest BCUT2D eigenvalue weighted by atomic mass is 79.9. The van der Waals surface area contributed by atoms with Crippen LogP contribution in [0.1, 0.15) is 11.4 Å². The van der Waals surface area contributed by atoms with Crippen molar-refractivity contribution in [3.05, 3.63) is 52.3 Å². The summed E-state index contributed by atoms with van der Waals surface area (Å²) < 4.78 is 6.49. The number of nitrogens with zero attached hydrogens (tertiary/aromatic N) is 1. The lowest BCUT2D eigenvalue weighted by molar-refractivity contribution is -0.118. The second kappa shape index (κ2) is 6.42. The van der Waals surface area contributed by atoms with Gasteiger partial charge in [-0.15, -0.1) is 0 Å². The van der Waals surface area contributed by atoms with Crippen LogP contribution in [0.15, 0.2) is 40.9 Å². The molecule has 3 rings (SSSR count). The van der Waals surface area contributed by atoms with Gasteiger partial charge in [0.15, 0.2) is 6.61 Å². The van der Waals surface area contributed by atoms with Crippen molar-refractivity contribution in [2.75, 3.05) is 11.9 Å². The van der Waals surface area contributed by atoms with Gasteiger partial charge in [0.1, 0.15) is 5.75 Å². The number of fused-ring (bicyclic) bond motifs is 1. The zero-order valence-corrected chi connectivity index (χ0v) is 14.4. The van der Waals surface area contributed by atoms with Crippen LogP contribution in [-0.2, 0) is 4.79 Å². The minimum absolute atomic E-state index is 0.0685. The van der Waals surface area contributed by atoms with Crippen molar-refractivity contribution in [3.8, 4) is 5.75 Å². The molecule has 3 aromatic rings. The van der Waals surface area contributed by atoms with E-state index in [9.17, 15) is 4.79 Å². The van der Waals surface area contributed by atoms with Crippen LogP contribution in [0, 0.1) is 13.8 Å². The lowest BCUT2D eigenvalue weighted by Crippen LogP contribution is -2.20. The fourth-order valence-electron chi connectivity index (χ4n) is 2.38. The molecule has 5 nitrogen and oxygen atoms in total. The molecule has 0 fully saturated rings. The number of aromatic amines is 1. The molecule has 0 aliphatic heterocycles. The van der Waals surface area contributed by atoms with Crippen molar-refractivity contribution in [3.63, 3.8) is 0 Å². The highest BCUT2D eigenvalue weighted by Gasteiger charge is 2.12. The fourth-order valence-corrected chi connectivity index (χ4v) is 2.99. The Bertz CT molecular complexity index is 854. The molecule has 23 heavy (non-hydrogen) atoms. The number of hydrogen-bond donors (Lipinski definition) is 2. The first-order valence-corrected chi connectivity index (χ1v) is 7.97. The number of anilines is 1. The molecule has 2 aromatic carbocycles. The van der Waals surface area contributed by atoms with Crippen molar-refractivity contribution in [2.24, 2.45) is 0 Å². The quantitative estimate of drug-likeness (QED) is 0.727. The predicted molar refractivity (Wildman–Crippen MR) is 93.8 cm³/mol. The molecule has 2 N–H and O–H groups in total. The summed E-state index contributed by atoms with van der Waals surface area (Å²) in [5.74, 6) is 0.414. The molecule has 1 amide bonds. The van der Waals surface area contributed by atoms with Gasteiger partial charge in [-0.2, -0.15) is 5.10 Å². The van der Waals surface area contributed by atoms with E-state index in [1.54, 1.807) is 0 Å². The van der Waals surface area contributed by atoms with Gasteiger partial charge in [-0.3, -0.25) is 9.89 Å². The smallest absolute Gasteiger partial charge is 0.262 e. The molecule has 6 heteroatoms. The van der Waals surface area contributed by atoms with Gasteiger partial charge < -0.3 is 10.1 Å². The van der Waals surface area contributed by atoms with Crippen molar-refractivity contribution in [1.82, 2.24) is 10.2 Å². The number of H-pyrrole nitrogens is 1. The zero-order valence-electron chi connectivity index (χ0n) is 12.8. The zero-order chi connectivity index (χ0) is 16.4. The van der Waals surface area contributed by atoms with E-state index in [0.717, 1.165) is 26.6 Å². The minimum atomic E-state index is -0.224. The topological polar surface area (TPSA) is 67.0 Å². The number of ether oxygens (including phenoxy) is 1. The van der Waals surface area contributed by atoms with E-state index in [2.05, 4.69) is 31.4 Å². The number of nitrogens with one attached hydrogen (secondary N) is 2. The summed E-state index contributed by atoms with van der Waals surface area (Å²) in [6.07, 6.45) is 0. The first kappa shape index (κ1) is 15.6. The number of halogens is 1. The Kier molecular flexibility index (Phi) is 4.34. The third-order valence-corrected chi connectivity index (χ3v) is 4.40. The van der Waals surface area contributed by atoms with E-state index in [4.69, 9.17) is 4.74 Å². The summed E-state index contributed by atoms with van der Waals surface area (Å²) in [6, 6.07) is 11.8. The average Bonchev–Trinajstić information content (AvgIpc) is 2.86. The van der Waals surface area contributed by atoms with Crippen LogP contribution in [0.2, 0.25) is 0 Å². The Morgan fingerprint density at radius 1 is 1.26 bits per heavy atom. The number of benzene rings is 2. The molecule has 0 aliphatic rings. The van der Waals surface area contributed by atoms with Crippen molar-refractivity contribution in [2.45, 2.75) is 13.8 Å². The molecule has 0 saturated carbocycles. The molecular formula is C17H16BrN3O2. The Morgan fingerprint density at radius 2 is 2.04 bits per heavy atom. The van der Waals surface area contributed by atoms with Gasteiger partial charge in [-0.1, -0.05) is 30.3 Å². The largest absolute Gasteiger partial charge is 0.483 e. The molecular weight excluding hydrogens is 358 g/mol. The minimum Gasteiger partial charge on any atom is -0.483 e. The molecule has 0 unspecified atom stereocenters. The van der Waals surface area contributed by atoms with Gasteiger partial charge >= 0.3 is 0 Å². The van der Waals surface area contributed by atoms with Crippen molar-refractivity contribution in [1.29, 1.82) is 0 Å². The Hall–Kier alpha value is -2.34. The number of aromatic nitrogens is 2. The molecule has 0 bridgehead atoms. The SMILES string of the molecule is Cc1n[nH]c(C)c1NC(=O)COc1ccc2ccccc2c1Br. The van der Waals surface area contributed by atoms with E-state index < -0.39 is 0 Å². The van der Waals surface area contributed by atoms with E-state index in [-0.39, 0.29) is 12.5 Å². The molecule has 0 saturated heterocycles.